The van der Waals surface area contributed by atoms with Crippen LogP contribution in [-0.2, 0) is 16.0 Å². The van der Waals surface area contributed by atoms with Gasteiger partial charge in [0.05, 0.1) is 11.3 Å². The second kappa shape index (κ2) is 5.88. The minimum atomic E-state index is -4.68. The number of amides is 1. The van der Waals surface area contributed by atoms with Crippen molar-refractivity contribution in [3.8, 4) is 0 Å². The molecule has 0 atom stereocenters. The number of halogens is 3. The number of anilines is 1. The van der Waals surface area contributed by atoms with Crippen LogP contribution in [0.15, 0.2) is 12.1 Å². The molecule has 1 aromatic rings. The molecule has 1 heterocycles. The van der Waals surface area contributed by atoms with Gasteiger partial charge in [-0.25, -0.2) is 13.4 Å². The predicted octanol–water partition coefficient (Wildman–Crippen LogP) is 0.680. The number of nitrogens with zero attached hydrogens (tertiary/aromatic N) is 2. The van der Waals surface area contributed by atoms with Crippen LogP contribution in [0.1, 0.15) is 16.1 Å². The lowest BCUT2D eigenvalue weighted by molar-refractivity contribution is -0.141. The smallest absolute Gasteiger partial charge is 0.365 e. The number of hydrogen-bond donors (Lipinski definition) is 1. The summed E-state index contributed by atoms with van der Waals surface area (Å²) < 4.78 is 60.1. The van der Waals surface area contributed by atoms with Crippen LogP contribution in [0.4, 0.5) is 19.0 Å². The minimum Gasteiger partial charge on any atom is -0.365 e. The molecule has 0 bridgehead atoms. The van der Waals surface area contributed by atoms with Gasteiger partial charge in [0.15, 0.2) is 0 Å². The number of hydrogen-bond acceptors (Lipinski definition) is 5. The second-order valence-electron chi connectivity index (χ2n) is 4.48. The van der Waals surface area contributed by atoms with Crippen LogP contribution >= 0.6 is 0 Å². The number of alkyl halides is 3. The summed E-state index contributed by atoms with van der Waals surface area (Å²) >= 11 is 0. The molecule has 0 spiro atoms. The Kier molecular flexibility index (Phi) is 4.82. The molecule has 6 nitrogen and oxygen atoms in total. The minimum absolute atomic E-state index is 0.118. The number of rotatable bonds is 5. The summed E-state index contributed by atoms with van der Waals surface area (Å²) in [6, 6.07) is 1.57. The number of pyridine rings is 1. The van der Waals surface area contributed by atoms with Crippen LogP contribution in [0.2, 0.25) is 0 Å². The zero-order chi connectivity index (χ0) is 16.4. The summed E-state index contributed by atoms with van der Waals surface area (Å²) in [5, 5.41) is 0. The van der Waals surface area contributed by atoms with E-state index in [-0.39, 0.29) is 23.7 Å². The third kappa shape index (κ3) is 4.88. The molecule has 10 heteroatoms. The van der Waals surface area contributed by atoms with Gasteiger partial charge >= 0.3 is 6.18 Å². The summed E-state index contributed by atoms with van der Waals surface area (Å²) in [5.41, 5.74) is 3.69. The highest BCUT2D eigenvalue weighted by Crippen LogP contribution is 2.30. The quantitative estimate of drug-likeness (QED) is 0.859. The molecule has 0 aliphatic heterocycles. The molecule has 0 aliphatic carbocycles. The second-order valence-corrected chi connectivity index (χ2v) is 6.74. The Morgan fingerprint density at radius 1 is 1.38 bits per heavy atom. The molecular weight excluding hydrogens is 311 g/mol. The lowest BCUT2D eigenvalue weighted by atomic mass is 10.2. The Hall–Kier alpha value is -1.84. The van der Waals surface area contributed by atoms with Crippen molar-refractivity contribution >= 4 is 21.6 Å². The Labute approximate surface area is 119 Å². The Bertz CT molecular complexity index is 644. The number of carbonyl (C=O) groups is 1. The molecule has 0 saturated heterocycles. The molecule has 2 N–H and O–H groups in total. The van der Waals surface area contributed by atoms with Crippen molar-refractivity contribution < 1.29 is 26.4 Å². The molecule has 0 unspecified atom stereocenters. The number of aromatic nitrogens is 1. The number of sulfone groups is 1. The van der Waals surface area contributed by atoms with E-state index in [4.69, 9.17) is 5.73 Å². The first-order valence-corrected chi connectivity index (χ1v) is 7.75. The molecule has 118 valence electrons. The van der Waals surface area contributed by atoms with Gasteiger partial charge in [-0.2, -0.15) is 13.2 Å². The van der Waals surface area contributed by atoms with E-state index in [1.165, 1.54) is 7.05 Å². The Morgan fingerprint density at radius 2 is 1.95 bits per heavy atom. The fraction of sp³-hybridized carbons (Fsp3) is 0.455. The normalized spacial score (nSPS) is 12.2. The van der Waals surface area contributed by atoms with E-state index in [9.17, 15) is 26.4 Å². The van der Waals surface area contributed by atoms with Crippen molar-refractivity contribution in [3.63, 3.8) is 0 Å². The maximum atomic E-state index is 12.6. The fourth-order valence-electron chi connectivity index (χ4n) is 1.50. The fourth-order valence-corrected chi connectivity index (χ4v) is 2.10. The molecular formula is C11H14F3N3O3S. The largest absolute Gasteiger partial charge is 0.433 e. The Morgan fingerprint density at radius 3 is 2.38 bits per heavy atom. The van der Waals surface area contributed by atoms with Crippen LogP contribution in [0, 0.1) is 0 Å². The van der Waals surface area contributed by atoms with Gasteiger partial charge in [0, 0.05) is 19.8 Å². The zero-order valence-corrected chi connectivity index (χ0v) is 12.1. The van der Waals surface area contributed by atoms with Crippen LogP contribution in [0.25, 0.3) is 0 Å². The van der Waals surface area contributed by atoms with E-state index in [1.54, 1.807) is 0 Å². The molecule has 0 aromatic carbocycles. The average molecular weight is 325 g/mol. The number of primary amides is 1. The standard InChI is InChI=1S/C11H14F3N3O3S/c1-17(5-6-21(2,19)20)10-7(9(15)18)3-4-8(16-10)11(12,13)14/h3-4H,5-6H2,1-2H3,(H2,15,18). The van der Waals surface area contributed by atoms with E-state index in [1.807, 2.05) is 0 Å². The maximum absolute atomic E-state index is 12.6. The van der Waals surface area contributed by atoms with E-state index in [2.05, 4.69) is 4.98 Å². The highest BCUT2D eigenvalue weighted by Gasteiger charge is 2.33. The van der Waals surface area contributed by atoms with E-state index < -0.39 is 27.6 Å². The molecule has 0 aliphatic rings. The average Bonchev–Trinajstić information content (AvgIpc) is 2.33. The third-order valence-electron chi connectivity index (χ3n) is 2.59. The monoisotopic (exact) mass is 325 g/mol. The summed E-state index contributed by atoms with van der Waals surface area (Å²) in [7, 11) is -1.97. The summed E-state index contributed by atoms with van der Waals surface area (Å²) in [6.07, 6.45) is -3.68. The van der Waals surface area contributed by atoms with Crippen molar-refractivity contribution in [2.75, 3.05) is 30.5 Å². The zero-order valence-electron chi connectivity index (χ0n) is 11.3. The first-order valence-electron chi connectivity index (χ1n) is 5.68. The number of carbonyl (C=O) groups excluding carboxylic acids is 1. The topological polar surface area (TPSA) is 93.4 Å². The first-order chi connectivity index (χ1) is 9.42. The SMILES string of the molecule is CN(CCS(C)(=O)=O)c1nc(C(F)(F)F)ccc1C(N)=O. The van der Waals surface area contributed by atoms with Gasteiger partial charge < -0.3 is 10.6 Å². The van der Waals surface area contributed by atoms with Crippen LogP contribution in [0.5, 0.6) is 0 Å². The molecule has 0 saturated carbocycles. The van der Waals surface area contributed by atoms with E-state index in [0.29, 0.717) is 6.07 Å². The van der Waals surface area contributed by atoms with E-state index >= 15 is 0 Å². The van der Waals surface area contributed by atoms with Crippen molar-refractivity contribution in [1.29, 1.82) is 0 Å². The Balaban J connectivity index is 3.20. The third-order valence-corrected chi connectivity index (χ3v) is 3.51. The van der Waals surface area contributed by atoms with Crippen LogP contribution in [0.3, 0.4) is 0 Å². The summed E-state index contributed by atoms with van der Waals surface area (Å²) in [4.78, 5) is 15.8. The lowest BCUT2D eigenvalue weighted by Crippen LogP contribution is -2.29. The summed E-state index contributed by atoms with van der Waals surface area (Å²) in [6.45, 7) is -0.118. The maximum Gasteiger partial charge on any atom is 0.433 e. The number of nitrogens with two attached hydrogens (primary N) is 1. The van der Waals surface area contributed by atoms with Gasteiger partial charge in [0.1, 0.15) is 21.3 Å². The van der Waals surface area contributed by atoms with E-state index in [0.717, 1.165) is 17.2 Å². The predicted molar refractivity (Wildman–Crippen MR) is 70.7 cm³/mol. The van der Waals surface area contributed by atoms with Gasteiger partial charge in [-0.1, -0.05) is 0 Å². The highest BCUT2D eigenvalue weighted by atomic mass is 32.2. The van der Waals surface area contributed by atoms with Gasteiger partial charge in [-0.05, 0) is 12.1 Å². The molecule has 21 heavy (non-hydrogen) atoms. The van der Waals surface area contributed by atoms with Crippen molar-refractivity contribution in [1.82, 2.24) is 4.98 Å². The molecule has 1 aromatic heterocycles. The van der Waals surface area contributed by atoms with Crippen molar-refractivity contribution in [3.05, 3.63) is 23.4 Å². The van der Waals surface area contributed by atoms with Crippen LogP contribution in [-0.4, -0.2) is 44.9 Å². The van der Waals surface area contributed by atoms with Gasteiger partial charge in [0.25, 0.3) is 5.91 Å². The first kappa shape index (κ1) is 17.2. The molecule has 1 rings (SSSR count). The van der Waals surface area contributed by atoms with Crippen LogP contribution < -0.4 is 10.6 Å². The highest BCUT2D eigenvalue weighted by molar-refractivity contribution is 7.90. The van der Waals surface area contributed by atoms with Gasteiger partial charge in [0.2, 0.25) is 0 Å². The lowest BCUT2D eigenvalue weighted by Gasteiger charge is -2.21. The molecule has 1 amide bonds. The van der Waals surface area contributed by atoms with Crippen molar-refractivity contribution in [2.24, 2.45) is 5.73 Å². The van der Waals surface area contributed by atoms with Gasteiger partial charge in [-0.15, -0.1) is 0 Å². The molecule has 0 fully saturated rings. The summed E-state index contributed by atoms with van der Waals surface area (Å²) in [5.74, 6) is -1.54. The van der Waals surface area contributed by atoms with Gasteiger partial charge in [-0.3, -0.25) is 4.79 Å². The molecule has 0 radical (unpaired) electrons. The van der Waals surface area contributed by atoms with Crippen molar-refractivity contribution in [2.45, 2.75) is 6.18 Å².